The summed E-state index contributed by atoms with van der Waals surface area (Å²) in [5.41, 5.74) is 0.944. The molecular formula is C28H28ClN3O5. The van der Waals surface area contributed by atoms with Crippen LogP contribution in [-0.2, 0) is 9.53 Å². The number of esters is 1. The number of ether oxygens (including phenoxy) is 2. The van der Waals surface area contributed by atoms with Crippen LogP contribution in [0, 0.1) is 11.3 Å². The fourth-order valence-electron chi connectivity index (χ4n) is 3.55. The summed E-state index contributed by atoms with van der Waals surface area (Å²) in [6, 6.07) is 13.6. The van der Waals surface area contributed by atoms with E-state index in [1.54, 1.807) is 77.1 Å². The maximum atomic E-state index is 13.0. The van der Waals surface area contributed by atoms with Crippen LogP contribution in [0.4, 0.5) is 5.69 Å². The topological polar surface area (TPSA) is 110 Å². The molecule has 0 aliphatic heterocycles. The molecule has 37 heavy (non-hydrogen) atoms. The van der Waals surface area contributed by atoms with E-state index >= 15 is 0 Å². The number of carbonyl (C=O) groups is 2. The molecule has 1 amide bonds. The molecule has 3 rings (SSSR count). The van der Waals surface area contributed by atoms with Gasteiger partial charge in [0.2, 0.25) is 5.91 Å². The lowest BCUT2D eigenvalue weighted by molar-refractivity contribution is -0.118. The van der Waals surface area contributed by atoms with Crippen LogP contribution in [0.25, 0.3) is 11.1 Å². The van der Waals surface area contributed by atoms with E-state index in [1.807, 2.05) is 0 Å². The first kappa shape index (κ1) is 27.5. The van der Waals surface area contributed by atoms with Crippen molar-refractivity contribution in [2.75, 3.05) is 11.9 Å². The fourth-order valence-corrected chi connectivity index (χ4v) is 3.72. The van der Waals surface area contributed by atoms with Gasteiger partial charge in [0.1, 0.15) is 17.4 Å². The summed E-state index contributed by atoms with van der Waals surface area (Å²) in [4.78, 5) is 38.2. The Bertz CT molecular complexity index is 1420. The minimum Gasteiger partial charge on any atom is -0.492 e. The molecule has 9 heteroatoms. The molecule has 1 unspecified atom stereocenters. The second kappa shape index (κ2) is 11.3. The van der Waals surface area contributed by atoms with E-state index in [-0.39, 0.29) is 0 Å². The van der Waals surface area contributed by atoms with Crippen molar-refractivity contribution in [3.63, 3.8) is 0 Å². The van der Waals surface area contributed by atoms with E-state index in [1.165, 1.54) is 16.8 Å². The summed E-state index contributed by atoms with van der Waals surface area (Å²) in [5.74, 6) is -0.571. The molecule has 3 aromatic rings. The molecule has 0 saturated carbocycles. The number of amides is 1. The highest BCUT2D eigenvalue weighted by Gasteiger charge is 2.21. The van der Waals surface area contributed by atoms with Crippen molar-refractivity contribution in [2.45, 2.75) is 46.3 Å². The van der Waals surface area contributed by atoms with Crippen molar-refractivity contribution < 1.29 is 19.1 Å². The van der Waals surface area contributed by atoms with Crippen LogP contribution in [0.3, 0.4) is 0 Å². The molecule has 1 atom stereocenters. The van der Waals surface area contributed by atoms with Gasteiger partial charge in [0.05, 0.1) is 30.0 Å². The van der Waals surface area contributed by atoms with E-state index < -0.39 is 29.1 Å². The molecule has 1 N–H and O–H groups in total. The lowest BCUT2D eigenvalue weighted by atomic mass is 10.0. The maximum Gasteiger partial charge on any atom is 0.338 e. The molecule has 8 nitrogen and oxygen atoms in total. The van der Waals surface area contributed by atoms with Gasteiger partial charge in [0.25, 0.3) is 5.56 Å². The average molecular weight is 522 g/mol. The largest absolute Gasteiger partial charge is 0.492 e. The van der Waals surface area contributed by atoms with Crippen molar-refractivity contribution in [3.8, 4) is 22.9 Å². The number of hydrogen-bond acceptors (Lipinski definition) is 6. The molecule has 2 aromatic carbocycles. The first-order chi connectivity index (χ1) is 17.4. The summed E-state index contributed by atoms with van der Waals surface area (Å²) in [5, 5.41) is 12.7. The molecule has 0 radical (unpaired) electrons. The number of halogens is 1. The predicted molar refractivity (Wildman–Crippen MR) is 142 cm³/mol. The monoisotopic (exact) mass is 521 g/mol. The summed E-state index contributed by atoms with van der Waals surface area (Å²) in [7, 11) is 0. The Morgan fingerprint density at radius 2 is 1.78 bits per heavy atom. The molecule has 0 aliphatic carbocycles. The molecule has 192 valence electrons. The number of benzene rings is 2. The number of aromatic nitrogens is 1. The van der Waals surface area contributed by atoms with Crippen molar-refractivity contribution in [2.24, 2.45) is 0 Å². The molecule has 0 saturated heterocycles. The Morgan fingerprint density at radius 3 is 2.38 bits per heavy atom. The van der Waals surface area contributed by atoms with Crippen LogP contribution in [-0.4, -0.2) is 28.7 Å². The minimum absolute atomic E-state index is 0.304. The maximum absolute atomic E-state index is 13.0. The number of anilines is 1. The zero-order valence-corrected chi connectivity index (χ0v) is 22.1. The number of hydrogen-bond donors (Lipinski definition) is 1. The highest BCUT2D eigenvalue weighted by atomic mass is 35.5. The van der Waals surface area contributed by atoms with Gasteiger partial charge < -0.3 is 14.8 Å². The Labute approximate surface area is 220 Å². The third-order valence-electron chi connectivity index (χ3n) is 5.32. The van der Waals surface area contributed by atoms with Gasteiger partial charge in [-0.2, -0.15) is 5.26 Å². The molecule has 1 aromatic heterocycles. The third-order valence-corrected chi connectivity index (χ3v) is 5.55. The summed E-state index contributed by atoms with van der Waals surface area (Å²) in [6.07, 6.45) is 1.46. The Balaban J connectivity index is 1.87. The second-order valence-corrected chi connectivity index (χ2v) is 9.71. The van der Waals surface area contributed by atoms with Crippen LogP contribution in [0.1, 0.15) is 56.6 Å². The number of nitriles is 1. The van der Waals surface area contributed by atoms with Crippen LogP contribution in [0.15, 0.2) is 59.5 Å². The molecule has 0 spiro atoms. The summed E-state index contributed by atoms with van der Waals surface area (Å²) >= 11 is 6.14. The number of rotatable bonds is 7. The Hall–Kier alpha value is -4.09. The van der Waals surface area contributed by atoms with Gasteiger partial charge in [0.15, 0.2) is 0 Å². The molecular weight excluding hydrogens is 494 g/mol. The number of nitrogens with zero attached hydrogens (tertiary/aromatic N) is 2. The van der Waals surface area contributed by atoms with E-state index in [4.69, 9.17) is 21.1 Å². The van der Waals surface area contributed by atoms with Crippen molar-refractivity contribution in [3.05, 3.63) is 81.2 Å². The van der Waals surface area contributed by atoms with Crippen LogP contribution < -0.4 is 15.6 Å². The standard InChI is InChI=1S/C28H28ClN3O5/c1-6-36-24-16-32(25(33)14-23(24)22-13-20(29)10-7-19(22)15-30)17(2)26(34)31-21-11-8-18(9-12-21)27(35)37-28(3,4)5/h7-14,16-17H,6H2,1-5H3,(H,31,34). The highest BCUT2D eigenvalue weighted by Crippen LogP contribution is 2.33. The summed E-state index contributed by atoms with van der Waals surface area (Å²) < 4.78 is 12.4. The first-order valence-electron chi connectivity index (χ1n) is 11.7. The smallest absolute Gasteiger partial charge is 0.338 e. The van der Waals surface area contributed by atoms with Gasteiger partial charge in [-0.3, -0.25) is 14.2 Å². The highest BCUT2D eigenvalue weighted by molar-refractivity contribution is 6.31. The van der Waals surface area contributed by atoms with Gasteiger partial charge in [-0.05, 0) is 77.1 Å². The summed E-state index contributed by atoms with van der Waals surface area (Å²) in [6.45, 7) is 9.02. The average Bonchev–Trinajstić information content (AvgIpc) is 2.84. The van der Waals surface area contributed by atoms with E-state index in [2.05, 4.69) is 11.4 Å². The zero-order valence-electron chi connectivity index (χ0n) is 21.3. The molecule has 1 heterocycles. The second-order valence-electron chi connectivity index (χ2n) is 9.28. The third kappa shape index (κ3) is 6.78. The van der Waals surface area contributed by atoms with Gasteiger partial charge in [0, 0.05) is 27.9 Å². The van der Waals surface area contributed by atoms with Gasteiger partial charge in [-0.15, -0.1) is 0 Å². The SMILES string of the molecule is CCOc1cn(C(C)C(=O)Nc2ccc(C(=O)OC(C)(C)C)cc2)c(=O)cc1-c1cc(Cl)ccc1C#N. The number of carbonyl (C=O) groups excluding carboxylic acids is 2. The van der Waals surface area contributed by atoms with Gasteiger partial charge >= 0.3 is 5.97 Å². The van der Waals surface area contributed by atoms with Gasteiger partial charge in [-0.1, -0.05) is 11.6 Å². The van der Waals surface area contributed by atoms with Crippen LogP contribution in [0.5, 0.6) is 5.75 Å². The first-order valence-corrected chi connectivity index (χ1v) is 12.0. The molecule has 0 aliphatic rings. The number of nitrogens with one attached hydrogen (secondary N) is 1. The Morgan fingerprint density at radius 1 is 1.11 bits per heavy atom. The van der Waals surface area contributed by atoms with Crippen molar-refractivity contribution in [1.82, 2.24) is 4.57 Å². The van der Waals surface area contributed by atoms with Crippen LogP contribution >= 0.6 is 11.6 Å². The van der Waals surface area contributed by atoms with Crippen LogP contribution in [0.2, 0.25) is 5.02 Å². The normalized spacial score (nSPS) is 11.8. The lowest BCUT2D eigenvalue weighted by Crippen LogP contribution is -2.31. The van der Waals surface area contributed by atoms with Gasteiger partial charge in [-0.25, -0.2) is 4.79 Å². The zero-order chi connectivity index (χ0) is 27.3. The predicted octanol–water partition coefficient (Wildman–Crippen LogP) is 5.59. The quantitative estimate of drug-likeness (QED) is 0.405. The molecule has 0 bridgehead atoms. The van der Waals surface area contributed by atoms with Crippen molar-refractivity contribution >= 4 is 29.2 Å². The van der Waals surface area contributed by atoms with Crippen molar-refractivity contribution in [1.29, 1.82) is 5.26 Å². The number of pyridine rings is 1. The van der Waals surface area contributed by atoms with E-state index in [0.717, 1.165) is 0 Å². The van der Waals surface area contributed by atoms with E-state index in [0.29, 0.717) is 45.3 Å². The molecule has 0 fully saturated rings. The Kier molecular flexibility index (Phi) is 8.41. The minimum atomic E-state index is -0.888. The fraction of sp³-hybridized carbons (Fsp3) is 0.286. The van der Waals surface area contributed by atoms with E-state index in [9.17, 15) is 19.6 Å². The lowest BCUT2D eigenvalue weighted by Gasteiger charge is -2.20.